The zero-order chi connectivity index (χ0) is 15.8. The number of anilines is 1. The Hall–Kier alpha value is -1.29. The van der Waals surface area contributed by atoms with Crippen LogP contribution in [-0.4, -0.2) is 38.3 Å². The smallest absolute Gasteiger partial charge is 0.396 e. The van der Waals surface area contributed by atoms with E-state index in [1.165, 1.54) is 12.3 Å². The molecule has 21 heavy (non-hydrogen) atoms. The summed E-state index contributed by atoms with van der Waals surface area (Å²) in [6.45, 7) is -0.561. The van der Waals surface area contributed by atoms with Crippen LogP contribution in [0.4, 0.5) is 10.1 Å². The van der Waals surface area contributed by atoms with Gasteiger partial charge in [0.2, 0.25) is 5.82 Å². The van der Waals surface area contributed by atoms with E-state index in [4.69, 9.17) is 20.3 Å². The maximum atomic E-state index is 13.4. The molecule has 1 aromatic heterocycles. The van der Waals surface area contributed by atoms with Crippen molar-refractivity contribution in [1.82, 2.24) is 4.57 Å². The van der Waals surface area contributed by atoms with E-state index in [-0.39, 0.29) is 12.1 Å². The zero-order valence-electron chi connectivity index (χ0n) is 10.6. The molecule has 2 rings (SSSR count). The lowest BCUT2D eigenvalue weighted by Gasteiger charge is -2.16. The highest BCUT2D eigenvalue weighted by molar-refractivity contribution is 7.46. The second-order valence-corrected chi connectivity index (χ2v) is 5.76. The minimum absolute atomic E-state index is 0.0571. The van der Waals surface area contributed by atoms with Gasteiger partial charge in [0.25, 0.3) is 5.56 Å². The van der Waals surface area contributed by atoms with Crippen LogP contribution in [-0.2, 0) is 13.8 Å². The van der Waals surface area contributed by atoms with Crippen LogP contribution < -0.4 is 11.3 Å². The molecule has 1 saturated heterocycles. The standard InChI is InChI=1S/C10H14FN2O7P/c11-9-5(12)1-2-13(10(9)15)8-3-6(14)7(20-8)4-19-21(16,17)18/h1-2,6-8,14H,3-4,12H2,(H2,16,17,18)/t6-,7+,8+/m0/s1. The molecule has 0 saturated carbocycles. The lowest BCUT2D eigenvalue weighted by molar-refractivity contribution is -0.0449. The number of aromatic nitrogens is 1. The number of nitrogens with two attached hydrogens (primary N) is 1. The van der Waals surface area contributed by atoms with Crippen LogP contribution in [0.15, 0.2) is 17.1 Å². The Kier molecular flexibility index (Phi) is 4.47. The van der Waals surface area contributed by atoms with Crippen LogP contribution in [0.25, 0.3) is 0 Å². The predicted molar refractivity (Wildman–Crippen MR) is 67.6 cm³/mol. The van der Waals surface area contributed by atoms with E-state index in [0.717, 1.165) is 4.57 Å². The Labute approximate surface area is 118 Å². The molecule has 0 unspecified atom stereocenters. The van der Waals surface area contributed by atoms with E-state index in [2.05, 4.69) is 4.52 Å². The van der Waals surface area contributed by atoms with Gasteiger partial charge in [0.1, 0.15) is 12.3 Å². The van der Waals surface area contributed by atoms with E-state index in [1.54, 1.807) is 0 Å². The summed E-state index contributed by atoms with van der Waals surface area (Å²) >= 11 is 0. The molecule has 0 aromatic carbocycles. The number of aliphatic hydroxyl groups excluding tert-OH is 1. The van der Waals surface area contributed by atoms with Crippen molar-refractivity contribution in [2.24, 2.45) is 0 Å². The van der Waals surface area contributed by atoms with Crippen molar-refractivity contribution in [3.05, 3.63) is 28.4 Å². The van der Waals surface area contributed by atoms with Crippen molar-refractivity contribution in [3.8, 4) is 0 Å². The fourth-order valence-corrected chi connectivity index (χ4v) is 2.31. The average molecular weight is 324 g/mol. The van der Waals surface area contributed by atoms with Crippen LogP contribution in [0.2, 0.25) is 0 Å². The lowest BCUT2D eigenvalue weighted by atomic mass is 10.2. The Balaban J connectivity index is 2.13. The molecule has 0 spiro atoms. The summed E-state index contributed by atoms with van der Waals surface area (Å²) in [6.07, 6.45) is -1.99. The molecular formula is C10H14FN2O7P. The molecule has 9 nitrogen and oxygen atoms in total. The van der Waals surface area contributed by atoms with E-state index in [1.807, 2.05) is 0 Å². The Bertz CT molecular complexity index is 630. The summed E-state index contributed by atoms with van der Waals surface area (Å²) in [5.74, 6) is -1.13. The van der Waals surface area contributed by atoms with Gasteiger partial charge in [0.05, 0.1) is 18.4 Å². The van der Waals surface area contributed by atoms with Gasteiger partial charge in [-0.1, -0.05) is 0 Å². The summed E-state index contributed by atoms with van der Waals surface area (Å²) < 4.78 is 34.5. The highest BCUT2D eigenvalue weighted by atomic mass is 31.2. The molecule has 5 N–H and O–H groups in total. The molecule has 11 heteroatoms. The van der Waals surface area contributed by atoms with Gasteiger partial charge in [-0.2, -0.15) is 4.39 Å². The van der Waals surface area contributed by atoms with Gasteiger partial charge in [-0.25, -0.2) is 4.57 Å². The molecular weight excluding hydrogens is 310 g/mol. The molecule has 3 atom stereocenters. The van der Waals surface area contributed by atoms with Gasteiger partial charge in [-0.3, -0.25) is 13.9 Å². The SMILES string of the molecule is Nc1ccn([C@H]2C[C@H](O)[C@@H](COP(=O)(O)O)O2)c(=O)c1F. The van der Waals surface area contributed by atoms with Crippen LogP contribution in [0, 0.1) is 5.82 Å². The van der Waals surface area contributed by atoms with Gasteiger partial charge in [0.15, 0.2) is 0 Å². The first-order valence-electron chi connectivity index (χ1n) is 5.89. The first-order valence-corrected chi connectivity index (χ1v) is 7.42. The lowest BCUT2D eigenvalue weighted by Crippen LogP contribution is -2.28. The Morgan fingerprint density at radius 3 is 2.86 bits per heavy atom. The minimum atomic E-state index is -4.70. The quantitative estimate of drug-likeness (QED) is 0.534. The number of rotatable bonds is 4. The number of nitrogen functional groups attached to an aromatic ring is 1. The fourth-order valence-electron chi connectivity index (χ4n) is 1.97. The van der Waals surface area contributed by atoms with Crippen LogP contribution in [0.3, 0.4) is 0 Å². The van der Waals surface area contributed by atoms with Gasteiger partial charge in [-0.15, -0.1) is 0 Å². The summed E-state index contributed by atoms with van der Waals surface area (Å²) in [6, 6.07) is 1.17. The van der Waals surface area contributed by atoms with Gasteiger partial charge in [0, 0.05) is 12.6 Å². The highest BCUT2D eigenvalue weighted by Gasteiger charge is 2.37. The van der Waals surface area contributed by atoms with Crippen LogP contribution in [0.5, 0.6) is 0 Å². The number of pyridine rings is 1. The molecule has 0 aliphatic carbocycles. The van der Waals surface area contributed by atoms with Crippen molar-refractivity contribution in [2.45, 2.75) is 24.9 Å². The number of phosphoric ester groups is 1. The van der Waals surface area contributed by atoms with Crippen molar-refractivity contribution in [3.63, 3.8) is 0 Å². The number of phosphoric acid groups is 1. The Morgan fingerprint density at radius 1 is 1.57 bits per heavy atom. The summed E-state index contributed by atoms with van der Waals surface area (Å²) in [4.78, 5) is 28.9. The third-order valence-electron chi connectivity index (χ3n) is 3.01. The van der Waals surface area contributed by atoms with Crippen molar-refractivity contribution < 1.29 is 33.1 Å². The predicted octanol–water partition coefficient (Wildman–Crippen LogP) is -0.673. The number of aliphatic hydroxyl groups is 1. The number of hydrogen-bond donors (Lipinski definition) is 4. The molecule has 0 radical (unpaired) electrons. The summed E-state index contributed by atoms with van der Waals surface area (Å²) in [5, 5.41) is 9.74. The van der Waals surface area contributed by atoms with Crippen LogP contribution in [0.1, 0.15) is 12.6 Å². The molecule has 1 aliphatic rings. The average Bonchev–Trinajstić information content (AvgIpc) is 2.74. The maximum Gasteiger partial charge on any atom is 0.469 e. The van der Waals surface area contributed by atoms with Crippen molar-refractivity contribution in [1.29, 1.82) is 0 Å². The molecule has 1 aliphatic heterocycles. The van der Waals surface area contributed by atoms with E-state index >= 15 is 0 Å². The molecule has 1 fully saturated rings. The second-order valence-electron chi connectivity index (χ2n) is 4.52. The topological polar surface area (TPSA) is 144 Å². The normalized spacial score (nSPS) is 26.2. The van der Waals surface area contributed by atoms with Gasteiger partial charge < -0.3 is 25.4 Å². The molecule has 1 aromatic rings. The van der Waals surface area contributed by atoms with Gasteiger partial charge in [-0.05, 0) is 6.07 Å². The molecule has 2 heterocycles. The second kappa shape index (κ2) is 5.84. The van der Waals surface area contributed by atoms with E-state index in [0.29, 0.717) is 0 Å². The molecule has 118 valence electrons. The number of hydrogen-bond acceptors (Lipinski definition) is 6. The first kappa shape index (κ1) is 16.1. The highest BCUT2D eigenvalue weighted by Crippen LogP contribution is 2.38. The zero-order valence-corrected chi connectivity index (χ0v) is 11.5. The third-order valence-corrected chi connectivity index (χ3v) is 3.50. The first-order chi connectivity index (χ1) is 9.69. The van der Waals surface area contributed by atoms with Gasteiger partial charge >= 0.3 is 7.82 Å². The summed E-state index contributed by atoms with van der Waals surface area (Å²) in [5.41, 5.74) is 3.93. The van der Waals surface area contributed by atoms with E-state index in [9.17, 15) is 18.9 Å². The number of nitrogens with zero attached hydrogens (tertiary/aromatic N) is 1. The van der Waals surface area contributed by atoms with Crippen molar-refractivity contribution >= 4 is 13.5 Å². The third kappa shape index (κ3) is 3.67. The Morgan fingerprint density at radius 2 is 2.24 bits per heavy atom. The minimum Gasteiger partial charge on any atom is -0.396 e. The van der Waals surface area contributed by atoms with E-state index < -0.39 is 44.2 Å². The number of halogens is 1. The largest absolute Gasteiger partial charge is 0.469 e. The fraction of sp³-hybridized carbons (Fsp3) is 0.500. The summed E-state index contributed by atoms with van der Waals surface area (Å²) in [7, 11) is -4.70. The monoisotopic (exact) mass is 324 g/mol. The van der Waals surface area contributed by atoms with Crippen LogP contribution >= 0.6 is 7.82 Å². The molecule has 0 amide bonds. The molecule has 0 bridgehead atoms. The van der Waals surface area contributed by atoms with Crippen molar-refractivity contribution in [2.75, 3.05) is 12.3 Å². The number of ether oxygens (including phenoxy) is 1. The maximum absolute atomic E-state index is 13.4.